The van der Waals surface area contributed by atoms with Gasteiger partial charge in [0.1, 0.15) is 0 Å². The van der Waals surface area contributed by atoms with E-state index in [2.05, 4.69) is 13.8 Å². The smallest absolute Gasteiger partial charge is 0.0626 e. The molecule has 5 unspecified atom stereocenters. The molecular weight excluding hydrogens is 212 g/mol. The molecule has 0 heterocycles. The van der Waals surface area contributed by atoms with Gasteiger partial charge in [0.05, 0.1) is 12.2 Å². The summed E-state index contributed by atoms with van der Waals surface area (Å²) < 4.78 is 0. The predicted molar refractivity (Wildman–Crippen MR) is 69.6 cm³/mol. The zero-order valence-corrected chi connectivity index (χ0v) is 11.3. The minimum absolute atomic E-state index is 0.146. The van der Waals surface area contributed by atoms with Crippen LogP contribution in [0.4, 0.5) is 0 Å². The molecule has 0 aliphatic heterocycles. The molecule has 17 heavy (non-hydrogen) atoms. The summed E-state index contributed by atoms with van der Waals surface area (Å²) >= 11 is 0. The molecule has 0 spiro atoms. The van der Waals surface area contributed by atoms with Crippen LogP contribution in [0.1, 0.15) is 58.8 Å². The van der Waals surface area contributed by atoms with Gasteiger partial charge < -0.3 is 10.2 Å². The van der Waals surface area contributed by atoms with E-state index in [1.165, 1.54) is 25.7 Å². The topological polar surface area (TPSA) is 40.5 Å². The molecule has 2 aliphatic rings. The molecule has 0 bridgehead atoms. The zero-order valence-electron chi connectivity index (χ0n) is 11.3. The third-order valence-electron chi connectivity index (χ3n) is 5.12. The standard InChI is InChI=1S/C15H28O2/c1-10(2)12-8-5-7-11-6-3-4-9-13(16)14(11)15(12)17/h10-17H,3-9H2,1-2H3. The molecule has 2 N–H and O–H groups in total. The van der Waals surface area contributed by atoms with Gasteiger partial charge in [0.2, 0.25) is 0 Å². The highest BCUT2D eigenvalue weighted by molar-refractivity contribution is 4.91. The summed E-state index contributed by atoms with van der Waals surface area (Å²) in [4.78, 5) is 0. The first-order valence-electron chi connectivity index (χ1n) is 7.47. The Morgan fingerprint density at radius 1 is 0.882 bits per heavy atom. The first kappa shape index (κ1) is 13.4. The molecule has 0 radical (unpaired) electrons. The molecule has 0 aromatic rings. The molecule has 2 heteroatoms. The Morgan fingerprint density at radius 2 is 1.53 bits per heavy atom. The monoisotopic (exact) mass is 240 g/mol. The summed E-state index contributed by atoms with van der Waals surface area (Å²) in [6.45, 7) is 4.41. The average molecular weight is 240 g/mol. The minimum atomic E-state index is -0.282. The largest absolute Gasteiger partial charge is 0.393 e. The van der Waals surface area contributed by atoms with Crippen molar-refractivity contribution in [3.05, 3.63) is 0 Å². The molecular formula is C15H28O2. The highest BCUT2D eigenvalue weighted by Gasteiger charge is 2.41. The van der Waals surface area contributed by atoms with Crippen LogP contribution < -0.4 is 0 Å². The third-order valence-corrected chi connectivity index (χ3v) is 5.12. The average Bonchev–Trinajstić information content (AvgIpc) is 2.54. The second-order valence-electron chi connectivity index (χ2n) is 6.52. The van der Waals surface area contributed by atoms with Gasteiger partial charge in [0.25, 0.3) is 0 Å². The molecule has 2 nitrogen and oxygen atoms in total. The Morgan fingerprint density at radius 3 is 2.24 bits per heavy atom. The Balaban J connectivity index is 2.18. The summed E-state index contributed by atoms with van der Waals surface area (Å²) in [5, 5.41) is 21.0. The van der Waals surface area contributed by atoms with Crippen molar-refractivity contribution >= 4 is 0 Å². The normalized spacial score (nSPS) is 43.9. The highest BCUT2D eigenvalue weighted by Crippen LogP contribution is 2.42. The van der Waals surface area contributed by atoms with E-state index in [4.69, 9.17) is 0 Å². The minimum Gasteiger partial charge on any atom is -0.393 e. The zero-order chi connectivity index (χ0) is 12.4. The van der Waals surface area contributed by atoms with Gasteiger partial charge in [-0.25, -0.2) is 0 Å². The summed E-state index contributed by atoms with van der Waals surface area (Å²) in [6.07, 6.45) is 7.50. The molecule has 0 amide bonds. The summed E-state index contributed by atoms with van der Waals surface area (Å²) in [5.41, 5.74) is 0. The van der Waals surface area contributed by atoms with Crippen molar-refractivity contribution in [2.45, 2.75) is 71.0 Å². The summed E-state index contributed by atoms with van der Waals surface area (Å²) in [5.74, 6) is 1.62. The number of aliphatic hydroxyl groups is 2. The van der Waals surface area contributed by atoms with Crippen molar-refractivity contribution in [3.8, 4) is 0 Å². The summed E-state index contributed by atoms with van der Waals surface area (Å²) in [6, 6.07) is 0. The van der Waals surface area contributed by atoms with Crippen LogP contribution in [-0.2, 0) is 0 Å². The molecule has 5 atom stereocenters. The molecule has 2 rings (SSSR count). The molecule has 2 aliphatic carbocycles. The van der Waals surface area contributed by atoms with Gasteiger partial charge in [-0.3, -0.25) is 0 Å². The number of aliphatic hydroxyl groups excluding tert-OH is 2. The van der Waals surface area contributed by atoms with E-state index >= 15 is 0 Å². The second kappa shape index (κ2) is 5.71. The van der Waals surface area contributed by atoms with E-state index in [1.807, 2.05) is 0 Å². The number of hydrogen-bond acceptors (Lipinski definition) is 2. The molecule has 2 fully saturated rings. The fourth-order valence-electron chi connectivity index (χ4n) is 4.10. The second-order valence-corrected chi connectivity index (χ2v) is 6.52. The van der Waals surface area contributed by atoms with Crippen molar-refractivity contribution < 1.29 is 10.2 Å². The van der Waals surface area contributed by atoms with Crippen molar-refractivity contribution in [1.82, 2.24) is 0 Å². The Bertz CT molecular complexity index is 239. The van der Waals surface area contributed by atoms with E-state index < -0.39 is 0 Å². The SMILES string of the molecule is CC(C)C1CCCC2CCCCC(O)C2C1O. The van der Waals surface area contributed by atoms with Gasteiger partial charge in [-0.15, -0.1) is 0 Å². The highest BCUT2D eigenvalue weighted by atomic mass is 16.3. The number of hydrogen-bond donors (Lipinski definition) is 2. The van der Waals surface area contributed by atoms with E-state index in [9.17, 15) is 10.2 Å². The van der Waals surface area contributed by atoms with Crippen molar-refractivity contribution in [2.75, 3.05) is 0 Å². The van der Waals surface area contributed by atoms with Crippen LogP contribution in [0.2, 0.25) is 0 Å². The van der Waals surface area contributed by atoms with Crippen molar-refractivity contribution in [1.29, 1.82) is 0 Å². The van der Waals surface area contributed by atoms with Crippen LogP contribution in [0.5, 0.6) is 0 Å². The lowest BCUT2D eigenvalue weighted by Crippen LogP contribution is -2.40. The first-order chi connectivity index (χ1) is 8.11. The van der Waals surface area contributed by atoms with Crippen LogP contribution in [0.15, 0.2) is 0 Å². The van der Waals surface area contributed by atoms with Gasteiger partial charge in [-0.2, -0.15) is 0 Å². The quantitative estimate of drug-likeness (QED) is 0.740. The third kappa shape index (κ3) is 2.85. The first-order valence-corrected chi connectivity index (χ1v) is 7.47. The van der Waals surface area contributed by atoms with Gasteiger partial charge in [0, 0.05) is 5.92 Å². The predicted octanol–water partition coefficient (Wildman–Crippen LogP) is 2.97. The number of rotatable bonds is 1. The maximum Gasteiger partial charge on any atom is 0.0626 e. The van der Waals surface area contributed by atoms with E-state index in [-0.39, 0.29) is 18.1 Å². The lowest BCUT2D eigenvalue weighted by Gasteiger charge is -2.35. The maximum atomic E-state index is 10.6. The van der Waals surface area contributed by atoms with Crippen LogP contribution in [-0.4, -0.2) is 22.4 Å². The van der Waals surface area contributed by atoms with E-state index in [1.54, 1.807) is 0 Å². The van der Waals surface area contributed by atoms with Crippen molar-refractivity contribution in [2.24, 2.45) is 23.7 Å². The Hall–Kier alpha value is -0.0800. The maximum absolute atomic E-state index is 10.6. The van der Waals surface area contributed by atoms with Crippen LogP contribution in [0.25, 0.3) is 0 Å². The Labute approximate surface area is 105 Å². The molecule has 0 aromatic carbocycles. The van der Waals surface area contributed by atoms with Gasteiger partial charge in [-0.1, -0.05) is 33.1 Å². The lowest BCUT2D eigenvalue weighted by atomic mass is 9.76. The van der Waals surface area contributed by atoms with Crippen LogP contribution >= 0.6 is 0 Å². The van der Waals surface area contributed by atoms with E-state index in [0.29, 0.717) is 17.8 Å². The molecule has 2 saturated carbocycles. The lowest BCUT2D eigenvalue weighted by molar-refractivity contribution is -0.0472. The number of fused-ring (bicyclic) bond motifs is 1. The molecule has 0 saturated heterocycles. The van der Waals surface area contributed by atoms with E-state index in [0.717, 1.165) is 19.3 Å². The van der Waals surface area contributed by atoms with Crippen molar-refractivity contribution in [3.63, 3.8) is 0 Å². The summed E-state index contributed by atoms with van der Waals surface area (Å²) in [7, 11) is 0. The molecule has 0 aromatic heterocycles. The Kier molecular flexibility index (Phi) is 4.48. The van der Waals surface area contributed by atoms with Crippen LogP contribution in [0, 0.1) is 23.7 Å². The van der Waals surface area contributed by atoms with Gasteiger partial charge in [-0.05, 0) is 43.4 Å². The fourth-order valence-corrected chi connectivity index (χ4v) is 4.10. The van der Waals surface area contributed by atoms with Gasteiger partial charge >= 0.3 is 0 Å². The molecule has 100 valence electrons. The van der Waals surface area contributed by atoms with Crippen LogP contribution in [0.3, 0.4) is 0 Å². The van der Waals surface area contributed by atoms with Gasteiger partial charge in [0.15, 0.2) is 0 Å². The fraction of sp³-hybridized carbons (Fsp3) is 1.00.